The van der Waals surface area contributed by atoms with E-state index in [4.69, 9.17) is 9.47 Å². The van der Waals surface area contributed by atoms with E-state index in [1.807, 2.05) is 18.9 Å². The van der Waals surface area contributed by atoms with E-state index in [0.29, 0.717) is 29.7 Å². The van der Waals surface area contributed by atoms with E-state index in [1.54, 1.807) is 32.9 Å². The first kappa shape index (κ1) is 34.5. The number of benzene rings is 2. The number of fused-ring (bicyclic) bond motifs is 1. The number of amides is 1. The number of nitrogens with zero attached hydrogens (tertiary/aromatic N) is 3. The Morgan fingerprint density at radius 3 is 2.26 bits per heavy atom. The molecule has 1 aliphatic heterocycles. The average molecular weight is 616 g/mol. The Labute approximate surface area is 258 Å². The lowest BCUT2D eigenvalue weighted by Crippen LogP contribution is -2.33. The highest BCUT2D eigenvalue weighted by atomic mass is 32.2. The molecule has 4 rings (SSSR count). The van der Waals surface area contributed by atoms with Crippen LogP contribution in [0, 0.1) is 13.8 Å². The SMILES string of the molecule is CC(=O)N(C)C1CCc2cc(OCCN3CCCC3)ccc21.CCCC(=O)CN(C)S(=O)(=O)c1c(C)cc(OC)cc1C. The number of rotatable bonds is 12. The second-order valence-corrected chi connectivity index (χ2v) is 13.6. The van der Waals surface area contributed by atoms with Crippen LogP contribution >= 0.6 is 0 Å². The van der Waals surface area contributed by atoms with E-state index in [0.717, 1.165) is 36.0 Å². The molecule has 1 saturated heterocycles. The van der Waals surface area contributed by atoms with Gasteiger partial charge in [0.15, 0.2) is 0 Å². The monoisotopic (exact) mass is 615 g/mol. The van der Waals surface area contributed by atoms with E-state index in [-0.39, 0.29) is 29.2 Å². The summed E-state index contributed by atoms with van der Waals surface area (Å²) < 4.78 is 37.5. The zero-order chi connectivity index (χ0) is 31.7. The van der Waals surface area contributed by atoms with Crippen LogP contribution in [0.1, 0.15) is 74.2 Å². The van der Waals surface area contributed by atoms with Crippen LogP contribution in [0.4, 0.5) is 0 Å². The van der Waals surface area contributed by atoms with Gasteiger partial charge in [0.25, 0.3) is 0 Å². The van der Waals surface area contributed by atoms with Crippen LogP contribution in [0.15, 0.2) is 35.2 Å². The minimum absolute atomic E-state index is 0.0765. The number of hydrogen-bond donors (Lipinski definition) is 0. The third kappa shape index (κ3) is 9.03. The van der Waals surface area contributed by atoms with Crippen LogP contribution in [-0.2, 0) is 26.0 Å². The molecule has 0 spiro atoms. The first-order valence-electron chi connectivity index (χ1n) is 15.2. The highest BCUT2D eigenvalue weighted by molar-refractivity contribution is 7.89. The maximum absolute atomic E-state index is 12.6. The number of Topliss-reactive ketones (excluding diaryl/α,β-unsaturated/α-hetero) is 1. The number of likely N-dealkylation sites (N-methyl/N-ethyl adjacent to an activating group) is 1. The molecule has 43 heavy (non-hydrogen) atoms. The largest absolute Gasteiger partial charge is 0.497 e. The summed E-state index contributed by atoms with van der Waals surface area (Å²) in [5, 5.41) is 0. The van der Waals surface area contributed by atoms with E-state index in [9.17, 15) is 18.0 Å². The van der Waals surface area contributed by atoms with Gasteiger partial charge in [0.2, 0.25) is 15.9 Å². The Balaban J connectivity index is 0.000000236. The predicted octanol–water partition coefficient (Wildman–Crippen LogP) is 4.93. The predicted molar refractivity (Wildman–Crippen MR) is 169 cm³/mol. The molecular weight excluding hydrogens is 566 g/mol. The third-order valence-electron chi connectivity index (χ3n) is 8.27. The zero-order valence-corrected chi connectivity index (χ0v) is 27.8. The van der Waals surface area contributed by atoms with Gasteiger partial charge in [-0.2, -0.15) is 4.31 Å². The molecule has 1 amide bonds. The topological polar surface area (TPSA) is 96.5 Å². The molecule has 2 aromatic carbocycles. The van der Waals surface area contributed by atoms with Crippen molar-refractivity contribution in [3.63, 3.8) is 0 Å². The van der Waals surface area contributed by atoms with Gasteiger partial charge in [0, 0.05) is 34.0 Å². The molecule has 1 aliphatic carbocycles. The summed E-state index contributed by atoms with van der Waals surface area (Å²) in [6.45, 7) is 11.1. The number of likely N-dealkylation sites (tertiary alicyclic amines) is 1. The number of carbonyl (C=O) groups excluding carboxylic acids is 2. The molecular formula is C33H49N3O6S. The Morgan fingerprint density at radius 1 is 1.02 bits per heavy atom. The molecule has 0 N–H and O–H groups in total. The quantitative estimate of drug-likeness (QED) is 0.334. The highest BCUT2D eigenvalue weighted by Gasteiger charge is 2.28. The van der Waals surface area contributed by atoms with Crippen molar-refractivity contribution in [3.05, 3.63) is 52.6 Å². The Bertz CT molecular complexity index is 1350. The molecule has 10 heteroatoms. The molecule has 0 aromatic heterocycles. The summed E-state index contributed by atoms with van der Waals surface area (Å²) in [7, 11) is 1.19. The number of hydrogen-bond acceptors (Lipinski definition) is 7. The fourth-order valence-corrected chi connectivity index (χ4v) is 7.42. The third-order valence-corrected chi connectivity index (χ3v) is 10.4. The van der Waals surface area contributed by atoms with Crippen molar-refractivity contribution in [3.8, 4) is 11.5 Å². The van der Waals surface area contributed by atoms with Gasteiger partial charge in [-0.05, 0) is 106 Å². The lowest BCUT2D eigenvalue weighted by molar-refractivity contribution is -0.129. The molecule has 0 bridgehead atoms. The van der Waals surface area contributed by atoms with Gasteiger partial charge in [0.05, 0.1) is 24.6 Å². The van der Waals surface area contributed by atoms with Crippen LogP contribution in [0.5, 0.6) is 11.5 Å². The lowest BCUT2D eigenvalue weighted by atomic mass is 10.1. The minimum atomic E-state index is -3.68. The van der Waals surface area contributed by atoms with Crippen molar-refractivity contribution in [2.45, 2.75) is 77.2 Å². The fraction of sp³-hybridized carbons (Fsp3) is 0.576. The summed E-state index contributed by atoms with van der Waals surface area (Å²) in [5.74, 6) is 1.63. The minimum Gasteiger partial charge on any atom is -0.497 e. The highest BCUT2D eigenvalue weighted by Crippen LogP contribution is 2.37. The van der Waals surface area contributed by atoms with E-state index in [2.05, 4.69) is 23.1 Å². The van der Waals surface area contributed by atoms with Crippen molar-refractivity contribution < 1.29 is 27.5 Å². The Morgan fingerprint density at radius 2 is 1.67 bits per heavy atom. The summed E-state index contributed by atoms with van der Waals surface area (Å²) in [6.07, 6.45) is 5.80. The first-order valence-corrected chi connectivity index (χ1v) is 16.7. The second-order valence-electron chi connectivity index (χ2n) is 11.6. The Kier molecular flexibility index (Phi) is 12.6. The average Bonchev–Trinajstić information content (AvgIpc) is 3.62. The van der Waals surface area contributed by atoms with Crippen LogP contribution in [-0.4, -0.2) is 88.2 Å². The summed E-state index contributed by atoms with van der Waals surface area (Å²) >= 11 is 0. The van der Waals surface area contributed by atoms with E-state index >= 15 is 0 Å². The maximum Gasteiger partial charge on any atom is 0.243 e. The van der Waals surface area contributed by atoms with Gasteiger partial charge in [-0.25, -0.2) is 8.42 Å². The lowest BCUT2D eigenvalue weighted by Gasteiger charge is -2.24. The van der Waals surface area contributed by atoms with Crippen LogP contribution in [0.3, 0.4) is 0 Å². The summed E-state index contributed by atoms with van der Waals surface area (Å²) in [6, 6.07) is 9.94. The molecule has 238 valence electrons. The van der Waals surface area contributed by atoms with Crippen molar-refractivity contribution in [2.75, 3.05) is 54.0 Å². The van der Waals surface area contributed by atoms with Crippen molar-refractivity contribution in [1.29, 1.82) is 0 Å². The Hall–Kier alpha value is -2.95. The van der Waals surface area contributed by atoms with Gasteiger partial charge in [-0.1, -0.05) is 13.0 Å². The van der Waals surface area contributed by atoms with E-state index < -0.39 is 10.0 Å². The first-order chi connectivity index (χ1) is 20.4. The second kappa shape index (κ2) is 15.7. The standard InChI is InChI=1S/C18H26N2O2.C15H23NO4S/c1-14(21)19(2)18-8-5-15-13-16(6-7-17(15)18)22-12-11-20-9-3-4-10-20;1-6-7-13(17)10-16(4)21(18,19)15-11(2)8-14(20-5)9-12(15)3/h6-7,13,18H,3-5,8-12H2,1-2H3;8-9H,6-7,10H2,1-5H3. The number of ether oxygens (including phenoxy) is 2. The van der Waals surface area contributed by atoms with Crippen molar-refractivity contribution >= 4 is 21.7 Å². The van der Waals surface area contributed by atoms with Crippen molar-refractivity contribution in [2.24, 2.45) is 0 Å². The number of carbonyl (C=O) groups is 2. The van der Waals surface area contributed by atoms with Crippen LogP contribution in [0.25, 0.3) is 0 Å². The van der Waals surface area contributed by atoms with Gasteiger partial charge in [-0.3, -0.25) is 14.5 Å². The summed E-state index contributed by atoms with van der Waals surface area (Å²) in [4.78, 5) is 27.8. The maximum atomic E-state index is 12.6. The van der Waals surface area contributed by atoms with Crippen LogP contribution in [0.2, 0.25) is 0 Å². The van der Waals surface area contributed by atoms with Gasteiger partial charge in [-0.15, -0.1) is 0 Å². The normalized spacial score (nSPS) is 16.4. The molecule has 1 unspecified atom stereocenters. The number of methoxy groups -OCH3 is 1. The molecule has 1 heterocycles. The van der Waals surface area contributed by atoms with Crippen LogP contribution < -0.4 is 9.47 Å². The molecule has 2 aromatic rings. The molecule has 9 nitrogen and oxygen atoms in total. The van der Waals surface area contributed by atoms with Gasteiger partial charge >= 0.3 is 0 Å². The summed E-state index contributed by atoms with van der Waals surface area (Å²) in [5.41, 5.74) is 3.84. The van der Waals surface area contributed by atoms with Crippen molar-refractivity contribution in [1.82, 2.24) is 14.1 Å². The molecule has 0 radical (unpaired) electrons. The zero-order valence-electron chi connectivity index (χ0n) is 26.9. The number of aryl methyl sites for hydroxylation is 3. The molecule has 0 saturated carbocycles. The fourth-order valence-electron chi connectivity index (χ4n) is 5.86. The van der Waals surface area contributed by atoms with E-state index in [1.165, 1.54) is 51.2 Å². The van der Waals surface area contributed by atoms with Gasteiger partial charge < -0.3 is 14.4 Å². The molecule has 1 fully saturated rings. The number of sulfonamides is 1. The smallest absolute Gasteiger partial charge is 0.243 e. The molecule has 2 aliphatic rings. The van der Waals surface area contributed by atoms with Gasteiger partial charge in [0.1, 0.15) is 23.9 Å². The number of ketones is 1. The molecule has 1 atom stereocenters.